The van der Waals surface area contributed by atoms with Crippen LogP contribution in [0.2, 0.25) is 0 Å². The van der Waals surface area contributed by atoms with Gasteiger partial charge in [-0.15, -0.1) is 0 Å². The molecule has 2 N–H and O–H groups in total. The molecule has 0 aliphatic heterocycles. The third kappa shape index (κ3) is 2.25. The van der Waals surface area contributed by atoms with E-state index in [1.54, 1.807) is 18.2 Å². The Morgan fingerprint density at radius 1 is 1.25 bits per heavy atom. The van der Waals surface area contributed by atoms with Crippen molar-refractivity contribution >= 4 is 27.4 Å². The summed E-state index contributed by atoms with van der Waals surface area (Å²) in [5.74, 6) is -0.193. The molecular formula is C11H8BrN3O. The highest BCUT2D eigenvalue weighted by Crippen LogP contribution is 2.19. The van der Waals surface area contributed by atoms with Gasteiger partial charge in [-0.2, -0.15) is 0 Å². The molecule has 16 heavy (non-hydrogen) atoms. The Labute approximate surface area is 101 Å². The molecular weight excluding hydrogens is 270 g/mol. The molecule has 5 heteroatoms. The van der Waals surface area contributed by atoms with E-state index in [9.17, 15) is 4.79 Å². The van der Waals surface area contributed by atoms with E-state index in [4.69, 9.17) is 5.73 Å². The van der Waals surface area contributed by atoms with Crippen LogP contribution in [0.4, 0.5) is 5.69 Å². The SMILES string of the molecule is Nc1cc(Br)cc(C(=O)c2cnccn2)c1. The first kappa shape index (κ1) is 10.8. The number of ketones is 1. The first-order valence-electron chi connectivity index (χ1n) is 4.53. The second-order valence-electron chi connectivity index (χ2n) is 3.19. The number of hydrogen-bond donors (Lipinski definition) is 1. The summed E-state index contributed by atoms with van der Waals surface area (Å²) in [6.07, 6.45) is 4.43. The van der Waals surface area contributed by atoms with Crippen molar-refractivity contribution in [3.63, 3.8) is 0 Å². The number of anilines is 1. The molecule has 0 unspecified atom stereocenters. The summed E-state index contributed by atoms with van der Waals surface area (Å²) in [6, 6.07) is 5.04. The van der Waals surface area contributed by atoms with E-state index >= 15 is 0 Å². The number of nitrogen functional groups attached to an aromatic ring is 1. The zero-order valence-electron chi connectivity index (χ0n) is 8.22. The standard InChI is InChI=1S/C11H8BrN3O/c12-8-3-7(4-9(13)5-8)11(16)10-6-14-1-2-15-10/h1-6H,13H2. The van der Waals surface area contributed by atoms with Gasteiger partial charge in [-0.3, -0.25) is 9.78 Å². The van der Waals surface area contributed by atoms with Crippen LogP contribution in [0, 0.1) is 0 Å². The molecule has 0 radical (unpaired) electrons. The van der Waals surface area contributed by atoms with Crippen LogP contribution in [0.15, 0.2) is 41.3 Å². The molecule has 0 amide bonds. The average Bonchev–Trinajstić information content (AvgIpc) is 2.28. The van der Waals surface area contributed by atoms with E-state index in [1.807, 2.05) is 0 Å². The van der Waals surface area contributed by atoms with Crippen molar-refractivity contribution in [2.45, 2.75) is 0 Å². The topological polar surface area (TPSA) is 68.9 Å². The minimum Gasteiger partial charge on any atom is -0.399 e. The minimum absolute atomic E-state index is 0.193. The number of nitrogens with zero attached hydrogens (tertiary/aromatic N) is 2. The van der Waals surface area contributed by atoms with Crippen LogP contribution >= 0.6 is 15.9 Å². The molecule has 0 aliphatic rings. The number of carbonyl (C=O) groups excluding carboxylic acids is 1. The summed E-state index contributed by atoms with van der Waals surface area (Å²) in [4.78, 5) is 19.8. The zero-order chi connectivity index (χ0) is 11.5. The highest BCUT2D eigenvalue weighted by Gasteiger charge is 2.11. The van der Waals surface area contributed by atoms with Crippen molar-refractivity contribution in [3.05, 3.63) is 52.5 Å². The largest absolute Gasteiger partial charge is 0.399 e. The number of nitrogens with two attached hydrogens (primary N) is 1. The van der Waals surface area contributed by atoms with Gasteiger partial charge in [0.05, 0.1) is 6.20 Å². The van der Waals surface area contributed by atoms with Gasteiger partial charge >= 0.3 is 0 Å². The van der Waals surface area contributed by atoms with Crippen molar-refractivity contribution in [2.24, 2.45) is 0 Å². The predicted molar refractivity (Wildman–Crippen MR) is 64.0 cm³/mol. The first-order valence-corrected chi connectivity index (χ1v) is 5.33. The second kappa shape index (κ2) is 4.40. The highest BCUT2D eigenvalue weighted by atomic mass is 79.9. The van der Waals surface area contributed by atoms with Crippen LogP contribution in [0.3, 0.4) is 0 Å². The lowest BCUT2D eigenvalue weighted by molar-refractivity contribution is 0.103. The van der Waals surface area contributed by atoms with E-state index in [0.29, 0.717) is 16.9 Å². The summed E-state index contributed by atoms with van der Waals surface area (Å²) in [5, 5.41) is 0. The maximum Gasteiger partial charge on any atom is 0.213 e. The van der Waals surface area contributed by atoms with Crippen molar-refractivity contribution in [1.82, 2.24) is 9.97 Å². The lowest BCUT2D eigenvalue weighted by Gasteiger charge is -2.02. The molecule has 0 bridgehead atoms. The number of aromatic nitrogens is 2. The molecule has 0 saturated heterocycles. The quantitative estimate of drug-likeness (QED) is 0.674. The maximum atomic E-state index is 12.0. The molecule has 0 spiro atoms. The molecule has 1 aromatic heterocycles. The van der Waals surface area contributed by atoms with Crippen LogP contribution in [0.1, 0.15) is 16.1 Å². The predicted octanol–water partition coefficient (Wildman–Crippen LogP) is 2.05. The molecule has 0 atom stereocenters. The van der Waals surface area contributed by atoms with Gasteiger partial charge in [-0.1, -0.05) is 15.9 Å². The summed E-state index contributed by atoms with van der Waals surface area (Å²) in [5.41, 5.74) is 6.98. The van der Waals surface area contributed by atoms with Gasteiger partial charge in [0.25, 0.3) is 0 Å². The second-order valence-corrected chi connectivity index (χ2v) is 4.11. The number of rotatable bonds is 2. The summed E-state index contributed by atoms with van der Waals surface area (Å²) < 4.78 is 0.764. The van der Waals surface area contributed by atoms with E-state index in [0.717, 1.165) is 4.47 Å². The molecule has 1 heterocycles. The lowest BCUT2D eigenvalue weighted by Crippen LogP contribution is -2.05. The Hall–Kier alpha value is -1.75. The highest BCUT2D eigenvalue weighted by molar-refractivity contribution is 9.10. The monoisotopic (exact) mass is 277 g/mol. The van der Waals surface area contributed by atoms with E-state index < -0.39 is 0 Å². The molecule has 2 aromatic rings. The number of carbonyl (C=O) groups is 1. The van der Waals surface area contributed by atoms with Gasteiger partial charge in [0.1, 0.15) is 5.69 Å². The fraction of sp³-hybridized carbons (Fsp3) is 0. The maximum absolute atomic E-state index is 12.0. The van der Waals surface area contributed by atoms with Crippen molar-refractivity contribution in [1.29, 1.82) is 0 Å². The van der Waals surface area contributed by atoms with Gasteiger partial charge in [0.2, 0.25) is 5.78 Å². The Balaban J connectivity index is 2.42. The molecule has 80 valence electrons. The van der Waals surface area contributed by atoms with Gasteiger partial charge < -0.3 is 5.73 Å². The van der Waals surface area contributed by atoms with Gasteiger partial charge in [0.15, 0.2) is 0 Å². The van der Waals surface area contributed by atoms with Crippen LogP contribution in [-0.4, -0.2) is 15.8 Å². The first-order chi connectivity index (χ1) is 7.66. The van der Waals surface area contributed by atoms with Crippen LogP contribution in [0.25, 0.3) is 0 Å². The lowest BCUT2D eigenvalue weighted by atomic mass is 10.1. The van der Waals surface area contributed by atoms with Crippen molar-refractivity contribution < 1.29 is 4.79 Å². The van der Waals surface area contributed by atoms with Crippen molar-refractivity contribution in [3.8, 4) is 0 Å². The van der Waals surface area contributed by atoms with Crippen LogP contribution < -0.4 is 5.73 Å². The third-order valence-electron chi connectivity index (χ3n) is 1.98. The molecule has 0 fully saturated rings. The van der Waals surface area contributed by atoms with E-state index in [-0.39, 0.29) is 5.78 Å². The minimum atomic E-state index is -0.193. The van der Waals surface area contributed by atoms with Crippen molar-refractivity contribution in [2.75, 3.05) is 5.73 Å². The number of halogens is 1. The summed E-state index contributed by atoms with van der Waals surface area (Å²) in [7, 11) is 0. The zero-order valence-corrected chi connectivity index (χ0v) is 9.81. The molecule has 1 aromatic carbocycles. The number of hydrogen-bond acceptors (Lipinski definition) is 4. The van der Waals surface area contributed by atoms with Gasteiger partial charge in [0, 0.05) is 28.1 Å². The Bertz CT molecular complexity index is 508. The normalized spacial score (nSPS) is 10.1. The smallest absolute Gasteiger partial charge is 0.213 e. The molecule has 0 saturated carbocycles. The van der Waals surface area contributed by atoms with E-state index in [2.05, 4.69) is 25.9 Å². The number of benzene rings is 1. The molecule has 4 nitrogen and oxygen atoms in total. The van der Waals surface area contributed by atoms with Crippen LogP contribution in [0.5, 0.6) is 0 Å². The summed E-state index contributed by atoms with van der Waals surface area (Å²) in [6.45, 7) is 0. The molecule has 2 rings (SSSR count). The van der Waals surface area contributed by atoms with Gasteiger partial charge in [-0.25, -0.2) is 4.98 Å². The summed E-state index contributed by atoms with van der Waals surface area (Å²) >= 11 is 3.29. The third-order valence-corrected chi connectivity index (χ3v) is 2.44. The fourth-order valence-electron chi connectivity index (χ4n) is 1.31. The van der Waals surface area contributed by atoms with Crippen LogP contribution in [-0.2, 0) is 0 Å². The van der Waals surface area contributed by atoms with Gasteiger partial charge in [-0.05, 0) is 18.2 Å². The van der Waals surface area contributed by atoms with E-state index in [1.165, 1.54) is 18.6 Å². The average molecular weight is 278 g/mol. The Morgan fingerprint density at radius 2 is 2.06 bits per heavy atom. The molecule has 0 aliphatic carbocycles. The Kier molecular flexibility index (Phi) is 2.96. The Morgan fingerprint density at radius 3 is 2.69 bits per heavy atom. The fourth-order valence-corrected chi connectivity index (χ4v) is 1.82.